The lowest BCUT2D eigenvalue weighted by molar-refractivity contribution is 0.312. The molecule has 1 atom stereocenters. The first-order valence-corrected chi connectivity index (χ1v) is 9.10. The summed E-state index contributed by atoms with van der Waals surface area (Å²) < 4.78 is 40.8. The number of hydrogen-bond acceptors (Lipinski definition) is 3. The van der Waals surface area contributed by atoms with E-state index in [0.717, 1.165) is 30.2 Å². The van der Waals surface area contributed by atoms with Crippen molar-refractivity contribution < 1.29 is 12.8 Å². The zero-order chi connectivity index (χ0) is 16.6. The second-order valence-corrected chi connectivity index (χ2v) is 7.99. The molecule has 0 spiro atoms. The van der Waals surface area contributed by atoms with Gasteiger partial charge >= 0.3 is 0 Å². The molecule has 1 aromatic carbocycles. The zero-order valence-corrected chi connectivity index (χ0v) is 14.0. The molecule has 0 aliphatic carbocycles. The van der Waals surface area contributed by atoms with E-state index in [2.05, 4.69) is 10.2 Å². The van der Waals surface area contributed by atoms with Crippen molar-refractivity contribution in [3.8, 4) is 0 Å². The molecular formula is C16H20FN3O2S. The first-order chi connectivity index (χ1) is 10.9. The molecule has 3 rings (SSSR count). The Morgan fingerprint density at radius 2 is 2.09 bits per heavy atom. The molecule has 2 aromatic rings. The lowest BCUT2D eigenvalue weighted by Gasteiger charge is -2.32. The summed E-state index contributed by atoms with van der Waals surface area (Å²) in [6, 6.07) is 3.89. The minimum Gasteiger partial charge on any atom is -0.282 e. The van der Waals surface area contributed by atoms with E-state index in [1.54, 1.807) is 13.1 Å². The first kappa shape index (κ1) is 16.1. The van der Waals surface area contributed by atoms with E-state index in [1.165, 1.54) is 16.4 Å². The Balaban J connectivity index is 1.91. The van der Waals surface area contributed by atoms with E-state index < -0.39 is 15.8 Å². The third-order valence-electron chi connectivity index (χ3n) is 4.43. The predicted octanol–water partition coefficient (Wildman–Crippen LogP) is 2.73. The number of benzene rings is 1. The Hall–Kier alpha value is -1.73. The highest BCUT2D eigenvalue weighted by Gasteiger charge is 2.33. The van der Waals surface area contributed by atoms with E-state index in [4.69, 9.17) is 0 Å². The largest absolute Gasteiger partial charge is 0.282 e. The van der Waals surface area contributed by atoms with Crippen molar-refractivity contribution in [3.05, 3.63) is 47.0 Å². The second kappa shape index (κ2) is 6.05. The van der Waals surface area contributed by atoms with Gasteiger partial charge in [0.25, 0.3) is 0 Å². The summed E-state index contributed by atoms with van der Waals surface area (Å²) in [5.41, 5.74) is 2.59. The third-order valence-corrected chi connectivity index (χ3v) is 6.44. The quantitative estimate of drug-likeness (QED) is 0.936. The molecule has 1 aliphatic rings. The number of piperidine rings is 1. The highest BCUT2D eigenvalue weighted by atomic mass is 32.2. The van der Waals surface area contributed by atoms with Crippen LogP contribution < -0.4 is 0 Å². The van der Waals surface area contributed by atoms with Crippen molar-refractivity contribution in [2.75, 3.05) is 13.1 Å². The van der Waals surface area contributed by atoms with Crippen LogP contribution in [0.5, 0.6) is 0 Å². The normalized spacial score (nSPS) is 19.9. The number of halogens is 1. The first-order valence-electron chi connectivity index (χ1n) is 7.66. The number of aryl methyl sites for hydroxylation is 2. The third kappa shape index (κ3) is 3.03. The molecule has 23 heavy (non-hydrogen) atoms. The van der Waals surface area contributed by atoms with Crippen LogP contribution in [0.25, 0.3) is 0 Å². The van der Waals surface area contributed by atoms with Crippen molar-refractivity contribution in [3.63, 3.8) is 0 Å². The lowest BCUT2D eigenvalue weighted by Crippen LogP contribution is -2.39. The Morgan fingerprint density at radius 3 is 2.78 bits per heavy atom. The predicted molar refractivity (Wildman–Crippen MR) is 85.2 cm³/mol. The van der Waals surface area contributed by atoms with Crippen LogP contribution in [-0.2, 0) is 10.0 Å². The molecule has 1 fully saturated rings. The van der Waals surface area contributed by atoms with Crippen LogP contribution in [-0.4, -0.2) is 36.0 Å². The topological polar surface area (TPSA) is 66.1 Å². The van der Waals surface area contributed by atoms with Gasteiger partial charge in [0.1, 0.15) is 5.82 Å². The number of nitrogens with zero attached hydrogens (tertiary/aromatic N) is 2. The molecule has 0 radical (unpaired) electrons. The molecule has 0 unspecified atom stereocenters. The number of rotatable bonds is 3. The number of aromatic nitrogens is 2. The highest BCUT2D eigenvalue weighted by Crippen LogP contribution is 2.31. The maximum atomic E-state index is 13.5. The van der Waals surface area contributed by atoms with Crippen LogP contribution in [0, 0.1) is 19.7 Å². The van der Waals surface area contributed by atoms with Gasteiger partial charge in [0, 0.05) is 24.7 Å². The highest BCUT2D eigenvalue weighted by molar-refractivity contribution is 7.89. The molecule has 0 saturated carbocycles. The summed E-state index contributed by atoms with van der Waals surface area (Å²) in [6.45, 7) is 4.50. The van der Waals surface area contributed by atoms with Gasteiger partial charge in [-0.3, -0.25) is 5.10 Å². The van der Waals surface area contributed by atoms with Gasteiger partial charge in [0.05, 0.1) is 11.1 Å². The van der Waals surface area contributed by atoms with Crippen LogP contribution in [0.15, 0.2) is 29.3 Å². The number of aromatic amines is 1. The fourth-order valence-corrected chi connectivity index (χ4v) is 4.92. The summed E-state index contributed by atoms with van der Waals surface area (Å²) >= 11 is 0. The molecular weight excluding hydrogens is 317 g/mol. The summed E-state index contributed by atoms with van der Waals surface area (Å²) in [7, 11) is -3.69. The van der Waals surface area contributed by atoms with Crippen LogP contribution in [0.2, 0.25) is 0 Å². The molecule has 2 heterocycles. The van der Waals surface area contributed by atoms with Crippen molar-refractivity contribution >= 4 is 10.0 Å². The van der Waals surface area contributed by atoms with Crippen molar-refractivity contribution in [2.24, 2.45) is 0 Å². The number of hydrogen-bond donors (Lipinski definition) is 1. The SMILES string of the molecule is Cc1ccc(F)cc1S(=O)(=O)N1CCC[C@H](c2[nH]ncc2C)C1. The molecule has 1 N–H and O–H groups in total. The Bertz CT molecular complexity index is 816. The maximum Gasteiger partial charge on any atom is 0.243 e. The minimum absolute atomic E-state index is 0.0551. The van der Waals surface area contributed by atoms with Crippen molar-refractivity contribution in [1.82, 2.24) is 14.5 Å². The van der Waals surface area contributed by atoms with Gasteiger partial charge in [-0.05, 0) is 49.9 Å². The second-order valence-electron chi connectivity index (χ2n) is 6.08. The molecule has 1 aromatic heterocycles. The van der Waals surface area contributed by atoms with Gasteiger partial charge in [0.2, 0.25) is 10.0 Å². The van der Waals surface area contributed by atoms with E-state index in [1.807, 2.05) is 6.92 Å². The van der Waals surface area contributed by atoms with E-state index in [-0.39, 0.29) is 10.8 Å². The molecule has 0 amide bonds. The fraction of sp³-hybridized carbons (Fsp3) is 0.438. The average molecular weight is 337 g/mol. The Labute approximate surface area is 135 Å². The number of H-pyrrole nitrogens is 1. The molecule has 5 nitrogen and oxygen atoms in total. The standard InChI is InChI=1S/C16H20FN3O2S/c1-11-5-6-14(17)8-15(11)23(21,22)20-7-3-4-13(10-20)16-12(2)9-18-19-16/h5-6,8-9,13H,3-4,7,10H2,1-2H3,(H,18,19)/t13-/m0/s1. The zero-order valence-electron chi connectivity index (χ0n) is 13.2. The minimum atomic E-state index is -3.69. The molecule has 7 heteroatoms. The number of sulfonamides is 1. The Morgan fingerprint density at radius 1 is 1.30 bits per heavy atom. The Kier molecular flexibility index (Phi) is 4.25. The van der Waals surface area contributed by atoms with Gasteiger partial charge in [-0.25, -0.2) is 12.8 Å². The van der Waals surface area contributed by atoms with Gasteiger partial charge in [-0.15, -0.1) is 0 Å². The molecule has 124 valence electrons. The molecule has 1 saturated heterocycles. The average Bonchev–Trinajstić information content (AvgIpc) is 2.96. The lowest BCUT2D eigenvalue weighted by atomic mass is 9.94. The fourth-order valence-electron chi connectivity index (χ4n) is 3.16. The molecule has 0 bridgehead atoms. The van der Waals surface area contributed by atoms with Crippen molar-refractivity contribution in [2.45, 2.75) is 37.5 Å². The van der Waals surface area contributed by atoms with Crippen molar-refractivity contribution in [1.29, 1.82) is 0 Å². The van der Waals surface area contributed by atoms with Crippen LogP contribution in [0.4, 0.5) is 4.39 Å². The van der Waals surface area contributed by atoms with Gasteiger partial charge in [-0.2, -0.15) is 9.40 Å². The monoisotopic (exact) mass is 337 g/mol. The van der Waals surface area contributed by atoms with E-state index in [9.17, 15) is 12.8 Å². The van der Waals surface area contributed by atoms with Gasteiger partial charge < -0.3 is 0 Å². The summed E-state index contributed by atoms with van der Waals surface area (Å²) in [5, 5.41) is 7.00. The summed E-state index contributed by atoms with van der Waals surface area (Å²) in [4.78, 5) is 0.0551. The summed E-state index contributed by atoms with van der Waals surface area (Å²) in [5.74, 6) is -0.443. The van der Waals surface area contributed by atoms with Gasteiger partial charge in [-0.1, -0.05) is 6.07 Å². The van der Waals surface area contributed by atoms with E-state index >= 15 is 0 Å². The summed E-state index contributed by atoms with van der Waals surface area (Å²) in [6.07, 6.45) is 3.44. The van der Waals surface area contributed by atoms with E-state index in [0.29, 0.717) is 18.7 Å². The van der Waals surface area contributed by atoms with Crippen LogP contribution >= 0.6 is 0 Å². The number of nitrogens with one attached hydrogen (secondary N) is 1. The molecule has 1 aliphatic heterocycles. The van der Waals surface area contributed by atoms with Crippen LogP contribution in [0.3, 0.4) is 0 Å². The van der Waals surface area contributed by atoms with Crippen LogP contribution in [0.1, 0.15) is 35.6 Å². The smallest absolute Gasteiger partial charge is 0.243 e. The van der Waals surface area contributed by atoms with Gasteiger partial charge in [0.15, 0.2) is 0 Å². The maximum absolute atomic E-state index is 13.5.